The number of rotatable bonds is 9. The molecule has 0 spiro atoms. The van der Waals surface area contributed by atoms with Gasteiger partial charge < -0.3 is 4.57 Å². The van der Waals surface area contributed by atoms with Gasteiger partial charge in [0.1, 0.15) is 0 Å². The Labute approximate surface area is 287 Å². The number of hydrogen-bond acceptors (Lipinski definition) is 2. The molecule has 0 fully saturated rings. The van der Waals surface area contributed by atoms with E-state index in [9.17, 15) is 0 Å². The van der Waals surface area contributed by atoms with Crippen molar-refractivity contribution in [1.82, 2.24) is 4.57 Å². The van der Waals surface area contributed by atoms with Gasteiger partial charge in [-0.3, -0.25) is 0 Å². The van der Waals surface area contributed by atoms with Crippen molar-refractivity contribution in [2.24, 2.45) is 9.98 Å². The predicted octanol–water partition coefficient (Wildman–Crippen LogP) is 11.4. The van der Waals surface area contributed by atoms with Crippen LogP contribution in [0.5, 0.6) is 0 Å². The van der Waals surface area contributed by atoms with E-state index in [0.717, 1.165) is 58.0 Å². The Bertz CT molecular complexity index is 2160. The molecule has 0 atom stereocenters. The maximum atomic E-state index is 5.28. The van der Waals surface area contributed by atoms with Crippen LogP contribution in [0.2, 0.25) is 0 Å². The molecule has 7 aromatic carbocycles. The number of nitrogens with zero attached hydrogens (tertiary/aromatic N) is 3. The smallest absolute Gasteiger partial charge is 0.0781 e. The van der Waals surface area contributed by atoms with Crippen molar-refractivity contribution in [3.05, 3.63) is 216 Å². The normalized spacial score (nSPS) is 11.0. The molecule has 0 saturated heterocycles. The monoisotopic (exact) mass is 629 g/mol. The highest BCUT2D eigenvalue weighted by Crippen LogP contribution is 2.35. The lowest BCUT2D eigenvalue weighted by molar-refractivity contribution is 0.745. The molecular weight excluding hydrogens is 595 g/mol. The van der Waals surface area contributed by atoms with Crippen LogP contribution in [0.25, 0.3) is 21.8 Å². The van der Waals surface area contributed by atoms with Crippen LogP contribution in [-0.4, -0.2) is 16.0 Å². The lowest BCUT2D eigenvalue weighted by Crippen LogP contribution is -2.03. The molecule has 0 N–H and O–H groups in total. The van der Waals surface area contributed by atoms with Gasteiger partial charge in [-0.2, -0.15) is 0 Å². The van der Waals surface area contributed by atoms with Crippen molar-refractivity contribution in [2.75, 3.05) is 0 Å². The second-order valence-electron chi connectivity index (χ2n) is 12.2. The van der Waals surface area contributed by atoms with Crippen LogP contribution in [0.4, 0.5) is 11.4 Å². The first-order valence-corrected chi connectivity index (χ1v) is 16.8. The molecule has 0 saturated carbocycles. The van der Waals surface area contributed by atoms with Crippen LogP contribution in [0.1, 0.15) is 27.8 Å². The number of benzene rings is 7. The SMILES string of the molecule is c1ccc(CCn2c3cc(N=C(c4ccccc4)c4ccccc4)ccc3c3ccc(N=C(c4ccccc4)c4ccccc4)cc32)cc1. The van der Waals surface area contributed by atoms with Gasteiger partial charge in [-0.15, -0.1) is 0 Å². The predicted molar refractivity (Wildman–Crippen MR) is 206 cm³/mol. The van der Waals surface area contributed by atoms with E-state index in [1.807, 2.05) is 24.3 Å². The quantitative estimate of drug-likeness (QED) is 0.142. The summed E-state index contributed by atoms with van der Waals surface area (Å²) in [4.78, 5) is 10.6. The molecule has 3 nitrogen and oxygen atoms in total. The van der Waals surface area contributed by atoms with E-state index in [4.69, 9.17) is 9.98 Å². The second kappa shape index (κ2) is 13.8. The van der Waals surface area contributed by atoms with Gasteiger partial charge in [0.15, 0.2) is 0 Å². The summed E-state index contributed by atoms with van der Waals surface area (Å²) in [6, 6.07) is 65.7. The van der Waals surface area contributed by atoms with Crippen LogP contribution in [0.3, 0.4) is 0 Å². The average molecular weight is 630 g/mol. The summed E-state index contributed by atoms with van der Waals surface area (Å²) >= 11 is 0. The van der Waals surface area contributed by atoms with Crippen LogP contribution >= 0.6 is 0 Å². The zero-order valence-corrected chi connectivity index (χ0v) is 27.2. The molecule has 0 unspecified atom stereocenters. The zero-order valence-electron chi connectivity index (χ0n) is 27.2. The van der Waals surface area contributed by atoms with E-state index in [1.54, 1.807) is 0 Å². The van der Waals surface area contributed by atoms with E-state index < -0.39 is 0 Å². The van der Waals surface area contributed by atoms with Gasteiger partial charge in [0, 0.05) is 39.6 Å². The minimum Gasteiger partial charge on any atom is -0.340 e. The molecule has 234 valence electrons. The summed E-state index contributed by atoms with van der Waals surface area (Å²) in [7, 11) is 0. The van der Waals surface area contributed by atoms with Crippen molar-refractivity contribution in [3.8, 4) is 0 Å². The third-order valence-electron chi connectivity index (χ3n) is 8.97. The summed E-state index contributed by atoms with van der Waals surface area (Å²) in [6.45, 7) is 0.832. The molecule has 0 radical (unpaired) electrons. The van der Waals surface area contributed by atoms with Gasteiger partial charge in [0.05, 0.1) is 33.8 Å². The van der Waals surface area contributed by atoms with Crippen molar-refractivity contribution in [3.63, 3.8) is 0 Å². The Kier molecular flexibility index (Phi) is 8.46. The Morgan fingerprint density at radius 1 is 0.388 bits per heavy atom. The Hall–Kier alpha value is -6.32. The van der Waals surface area contributed by atoms with Crippen LogP contribution in [0.15, 0.2) is 198 Å². The summed E-state index contributed by atoms with van der Waals surface area (Å²) in [5.74, 6) is 0. The molecule has 3 heteroatoms. The first-order valence-electron chi connectivity index (χ1n) is 16.8. The zero-order chi connectivity index (χ0) is 32.8. The maximum absolute atomic E-state index is 5.28. The van der Waals surface area contributed by atoms with Crippen LogP contribution in [-0.2, 0) is 13.0 Å². The Morgan fingerprint density at radius 3 is 1.10 bits per heavy atom. The standard InChI is InChI=1S/C46H35N3/c1-6-16-34(17-7-1)30-31-49-43-32-39(47-45(35-18-8-2-9-19-35)36-20-10-3-11-21-36)26-28-41(43)42-29-27-40(33-44(42)49)48-46(37-22-12-4-13-23-37)38-24-14-5-15-25-38/h1-29,32-33H,30-31H2. The third kappa shape index (κ3) is 6.47. The first-order chi connectivity index (χ1) is 24.3. The number of aryl methyl sites for hydroxylation is 2. The Morgan fingerprint density at radius 2 is 0.735 bits per heavy atom. The molecule has 1 aromatic heterocycles. The number of hydrogen-bond donors (Lipinski definition) is 0. The Balaban J connectivity index is 1.29. The second-order valence-corrected chi connectivity index (χ2v) is 12.2. The van der Waals surface area contributed by atoms with Crippen LogP contribution < -0.4 is 0 Å². The maximum Gasteiger partial charge on any atom is 0.0781 e. The lowest BCUT2D eigenvalue weighted by Gasteiger charge is -2.11. The summed E-state index contributed by atoms with van der Waals surface area (Å²) in [5, 5.41) is 2.43. The van der Waals surface area contributed by atoms with Crippen molar-refractivity contribution < 1.29 is 0 Å². The van der Waals surface area contributed by atoms with Gasteiger partial charge in [-0.25, -0.2) is 9.98 Å². The summed E-state index contributed by atoms with van der Waals surface area (Å²) in [6.07, 6.45) is 0.916. The molecule has 0 aliphatic carbocycles. The molecular formula is C46H35N3. The van der Waals surface area contributed by atoms with Gasteiger partial charge in [-0.1, -0.05) is 164 Å². The average Bonchev–Trinajstić information content (AvgIpc) is 3.48. The van der Waals surface area contributed by atoms with Crippen molar-refractivity contribution in [1.29, 1.82) is 0 Å². The van der Waals surface area contributed by atoms with Gasteiger partial charge in [0.25, 0.3) is 0 Å². The summed E-state index contributed by atoms with van der Waals surface area (Å²) < 4.78 is 2.45. The van der Waals surface area contributed by atoms with Crippen LogP contribution in [0, 0.1) is 0 Å². The van der Waals surface area contributed by atoms with Crippen molar-refractivity contribution in [2.45, 2.75) is 13.0 Å². The molecule has 0 aliphatic rings. The molecule has 0 amide bonds. The first kappa shape index (κ1) is 30.0. The third-order valence-corrected chi connectivity index (χ3v) is 8.97. The van der Waals surface area contributed by atoms with E-state index in [0.29, 0.717) is 0 Å². The lowest BCUT2D eigenvalue weighted by atomic mass is 10.0. The fourth-order valence-electron chi connectivity index (χ4n) is 6.57. The number of aromatic nitrogens is 1. The number of aliphatic imine (C=N–C) groups is 2. The highest BCUT2D eigenvalue weighted by atomic mass is 15.0. The minimum absolute atomic E-state index is 0.832. The molecule has 0 aliphatic heterocycles. The van der Waals surface area contributed by atoms with E-state index in [-0.39, 0.29) is 0 Å². The van der Waals surface area contributed by atoms with E-state index in [1.165, 1.54) is 27.4 Å². The molecule has 0 bridgehead atoms. The van der Waals surface area contributed by atoms with Gasteiger partial charge in [0.2, 0.25) is 0 Å². The van der Waals surface area contributed by atoms with Gasteiger partial charge >= 0.3 is 0 Å². The molecule has 49 heavy (non-hydrogen) atoms. The topological polar surface area (TPSA) is 29.6 Å². The fraction of sp³-hybridized carbons (Fsp3) is 0.0435. The van der Waals surface area contributed by atoms with Crippen molar-refractivity contribution >= 4 is 44.6 Å². The highest BCUT2D eigenvalue weighted by molar-refractivity contribution is 6.16. The molecule has 8 rings (SSSR count). The van der Waals surface area contributed by atoms with Gasteiger partial charge in [-0.05, 0) is 36.2 Å². The number of fused-ring (bicyclic) bond motifs is 3. The molecule has 1 heterocycles. The summed E-state index contributed by atoms with van der Waals surface area (Å²) in [5.41, 5.74) is 11.8. The fourth-order valence-corrected chi connectivity index (χ4v) is 6.57. The largest absolute Gasteiger partial charge is 0.340 e. The van der Waals surface area contributed by atoms with E-state index >= 15 is 0 Å². The molecule has 8 aromatic rings. The minimum atomic E-state index is 0.832. The van der Waals surface area contributed by atoms with E-state index in [2.05, 4.69) is 168 Å². The highest BCUT2D eigenvalue weighted by Gasteiger charge is 2.15.